The summed E-state index contributed by atoms with van der Waals surface area (Å²) >= 11 is 0. The number of carbonyl (C=O) groups is 2. The van der Waals surface area contributed by atoms with Crippen molar-refractivity contribution in [3.05, 3.63) is 69.9 Å². The first kappa shape index (κ1) is 23.4. The highest BCUT2D eigenvalue weighted by Crippen LogP contribution is 2.23. The van der Waals surface area contributed by atoms with Crippen LogP contribution in [0.2, 0.25) is 0 Å². The van der Waals surface area contributed by atoms with Crippen LogP contribution in [0.15, 0.2) is 48.7 Å². The van der Waals surface area contributed by atoms with Crippen LogP contribution in [0.1, 0.15) is 24.0 Å². The largest absolute Gasteiger partial charge is 0.376 e. The summed E-state index contributed by atoms with van der Waals surface area (Å²) in [6.07, 6.45) is 3.41. The maximum atomic E-state index is 13.3. The molecule has 3 aromatic rings. The maximum absolute atomic E-state index is 13.3. The molecule has 0 aliphatic carbocycles. The molecule has 1 N–H and O–H groups in total. The van der Waals surface area contributed by atoms with Gasteiger partial charge in [-0.25, -0.2) is 0 Å². The highest BCUT2D eigenvalue weighted by molar-refractivity contribution is 5.95. The van der Waals surface area contributed by atoms with Gasteiger partial charge in [0, 0.05) is 48.1 Å². The van der Waals surface area contributed by atoms with E-state index in [2.05, 4.69) is 5.32 Å². The van der Waals surface area contributed by atoms with Crippen molar-refractivity contribution in [1.29, 1.82) is 0 Å². The van der Waals surface area contributed by atoms with E-state index in [0.29, 0.717) is 18.5 Å². The van der Waals surface area contributed by atoms with E-state index in [9.17, 15) is 19.7 Å². The number of nitrogens with zero attached hydrogens (tertiary/aromatic N) is 3. The fraction of sp³-hybridized carbons (Fsp3) is 0.360. The first-order chi connectivity index (χ1) is 16.3. The van der Waals surface area contributed by atoms with Gasteiger partial charge in [-0.1, -0.05) is 12.1 Å². The number of anilines is 1. The third kappa shape index (κ3) is 5.26. The average Bonchev–Trinajstić information content (AvgIpc) is 3.46. The summed E-state index contributed by atoms with van der Waals surface area (Å²) in [7, 11) is 0. The van der Waals surface area contributed by atoms with Crippen molar-refractivity contribution in [3.8, 4) is 0 Å². The Morgan fingerprint density at radius 2 is 2.06 bits per heavy atom. The molecule has 1 aliphatic heterocycles. The molecule has 1 aliphatic rings. The number of fused-ring (bicyclic) bond motifs is 1. The first-order valence-corrected chi connectivity index (χ1v) is 11.3. The second-order valence-electron chi connectivity index (χ2n) is 8.65. The summed E-state index contributed by atoms with van der Waals surface area (Å²) in [4.78, 5) is 38.3. The number of rotatable bonds is 8. The Morgan fingerprint density at radius 1 is 1.24 bits per heavy atom. The Balaban J connectivity index is 1.50. The van der Waals surface area contributed by atoms with Crippen molar-refractivity contribution in [1.82, 2.24) is 9.47 Å². The van der Waals surface area contributed by atoms with Crippen molar-refractivity contribution in [2.45, 2.75) is 39.3 Å². The molecule has 1 aromatic heterocycles. The number of ether oxygens (including phenoxy) is 1. The Hall–Kier alpha value is -3.72. The lowest BCUT2D eigenvalue weighted by Crippen LogP contribution is -2.43. The molecule has 0 saturated carbocycles. The van der Waals surface area contributed by atoms with Gasteiger partial charge in [0.2, 0.25) is 11.8 Å². The lowest BCUT2D eigenvalue weighted by atomic mass is 10.1. The minimum Gasteiger partial charge on any atom is -0.376 e. The van der Waals surface area contributed by atoms with Crippen molar-refractivity contribution in [3.63, 3.8) is 0 Å². The molecule has 1 atom stereocenters. The predicted molar refractivity (Wildman–Crippen MR) is 129 cm³/mol. The molecule has 2 amide bonds. The lowest BCUT2D eigenvalue weighted by Gasteiger charge is -2.25. The summed E-state index contributed by atoms with van der Waals surface area (Å²) in [5.41, 5.74) is 3.51. The van der Waals surface area contributed by atoms with Gasteiger partial charge in [0.15, 0.2) is 0 Å². The van der Waals surface area contributed by atoms with E-state index in [1.54, 1.807) is 22.9 Å². The zero-order valence-corrected chi connectivity index (χ0v) is 19.3. The van der Waals surface area contributed by atoms with Crippen LogP contribution in [0.5, 0.6) is 0 Å². The van der Waals surface area contributed by atoms with Crippen LogP contribution in [-0.4, -0.2) is 52.0 Å². The lowest BCUT2D eigenvalue weighted by molar-refractivity contribution is -0.384. The van der Waals surface area contributed by atoms with Gasteiger partial charge in [-0.05, 0) is 56.0 Å². The second-order valence-corrected chi connectivity index (χ2v) is 8.65. The van der Waals surface area contributed by atoms with Crippen molar-refractivity contribution >= 4 is 34.1 Å². The van der Waals surface area contributed by atoms with E-state index in [-0.39, 0.29) is 36.7 Å². The number of nitrogens with one attached hydrogen (secondary N) is 1. The molecule has 34 heavy (non-hydrogen) atoms. The van der Waals surface area contributed by atoms with Crippen molar-refractivity contribution in [2.75, 3.05) is 25.0 Å². The zero-order chi connectivity index (χ0) is 24.2. The third-order valence-electron chi connectivity index (χ3n) is 6.28. The normalized spacial score (nSPS) is 15.4. The molecule has 2 aromatic carbocycles. The molecule has 0 spiro atoms. The third-order valence-corrected chi connectivity index (χ3v) is 6.28. The molecule has 0 bridgehead atoms. The molecule has 0 radical (unpaired) electrons. The van der Waals surface area contributed by atoms with E-state index in [0.717, 1.165) is 35.2 Å². The number of hydrogen-bond donors (Lipinski definition) is 1. The second kappa shape index (κ2) is 10.0. The van der Waals surface area contributed by atoms with E-state index in [1.807, 2.05) is 32.0 Å². The zero-order valence-electron chi connectivity index (χ0n) is 19.3. The molecule has 1 unspecified atom stereocenters. The average molecular weight is 465 g/mol. The number of hydrogen-bond acceptors (Lipinski definition) is 5. The maximum Gasteiger partial charge on any atom is 0.270 e. The van der Waals surface area contributed by atoms with Crippen molar-refractivity contribution in [2.24, 2.45) is 0 Å². The molecule has 9 heteroatoms. The monoisotopic (exact) mass is 464 g/mol. The summed E-state index contributed by atoms with van der Waals surface area (Å²) in [5.74, 6) is -0.490. The number of benzene rings is 2. The SMILES string of the molecule is Cc1cccc(NC(=O)CN(CC2CCCO2)C(=O)Cn2ccc3cc([N+](=O)[O-])ccc32)c1C. The van der Waals surface area contributed by atoms with Crippen molar-refractivity contribution < 1.29 is 19.2 Å². The number of carbonyl (C=O) groups excluding carboxylic acids is 2. The number of aromatic nitrogens is 1. The van der Waals surface area contributed by atoms with Gasteiger partial charge in [-0.3, -0.25) is 19.7 Å². The van der Waals surface area contributed by atoms with Gasteiger partial charge in [0.25, 0.3) is 5.69 Å². The number of nitro groups is 1. The van der Waals surface area contributed by atoms with Crippen LogP contribution in [0.25, 0.3) is 10.9 Å². The molecular formula is C25H28N4O5. The van der Waals surface area contributed by atoms with Crippen LogP contribution in [0, 0.1) is 24.0 Å². The van der Waals surface area contributed by atoms with Gasteiger partial charge in [0.1, 0.15) is 13.1 Å². The van der Waals surface area contributed by atoms with Crippen LogP contribution in [0.3, 0.4) is 0 Å². The van der Waals surface area contributed by atoms with E-state index in [1.165, 1.54) is 17.0 Å². The standard InChI is InChI=1S/C25H28N4O5/c1-17-5-3-7-22(18(17)2)26-24(30)15-28(14-21-6-4-12-34-21)25(31)16-27-11-10-19-13-20(29(32)33)8-9-23(19)27/h3,5,7-11,13,21H,4,6,12,14-16H2,1-2H3,(H,26,30). The van der Waals surface area contributed by atoms with Gasteiger partial charge in [-0.15, -0.1) is 0 Å². The van der Waals surface area contributed by atoms with Crippen LogP contribution in [0.4, 0.5) is 11.4 Å². The Bertz CT molecular complexity index is 1230. The molecule has 2 heterocycles. The molecule has 1 fully saturated rings. The van der Waals surface area contributed by atoms with Gasteiger partial charge in [-0.2, -0.15) is 0 Å². The van der Waals surface area contributed by atoms with Gasteiger partial charge >= 0.3 is 0 Å². The Kier molecular flexibility index (Phi) is 6.93. The highest BCUT2D eigenvalue weighted by atomic mass is 16.6. The topological polar surface area (TPSA) is 107 Å². The molecule has 178 valence electrons. The first-order valence-electron chi connectivity index (χ1n) is 11.3. The number of aryl methyl sites for hydroxylation is 1. The van der Waals surface area contributed by atoms with Crippen LogP contribution < -0.4 is 5.32 Å². The summed E-state index contributed by atoms with van der Waals surface area (Å²) < 4.78 is 7.46. The molecule has 4 rings (SSSR count). The summed E-state index contributed by atoms with van der Waals surface area (Å²) in [6.45, 7) is 4.85. The Morgan fingerprint density at radius 3 is 2.79 bits per heavy atom. The van der Waals surface area contributed by atoms with Gasteiger partial charge in [0.05, 0.1) is 11.0 Å². The quantitative estimate of drug-likeness (QED) is 0.403. The van der Waals surface area contributed by atoms with Crippen LogP contribution in [-0.2, 0) is 20.9 Å². The number of nitro benzene ring substituents is 1. The smallest absolute Gasteiger partial charge is 0.270 e. The minimum absolute atomic E-state index is 0.000279. The van der Waals surface area contributed by atoms with Gasteiger partial charge < -0.3 is 19.5 Å². The van der Waals surface area contributed by atoms with E-state index < -0.39 is 4.92 Å². The fourth-order valence-corrected chi connectivity index (χ4v) is 4.22. The fourth-order valence-electron chi connectivity index (χ4n) is 4.22. The summed E-state index contributed by atoms with van der Waals surface area (Å²) in [5, 5.41) is 14.6. The predicted octanol–water partition coefficient (Wildman–Crippen LogP) is 3.81. The molecule has 9 nitrogen and oxygen atoms in total. The van der Waals surface area contributed by atoms with E-state index in [4.69, 9.17) is 4.74 Å². The highest BCUT2D eigenvalue weighted by Gasteiger charge is 2.25. The summed E-state index contributed by atoms with van der Waals surface area (Å²) in [6, 6.07) is 12.0. The van der Waals surface area contributed by atoms with Crippen LogP contribution >= 0.6 is 0 Å². The molecular weight excluding hydrogens is 436 g/mol. The van der Waals surface area contributed by atoms with E-state index >= 15 is 0 Å². The number of non-ortho nitro benzene ring substituents is 1. The Labute approximate surface area is 197 Å². The minimum atomic E-state index is -0.445. The molecule has 1 saturated heterocycles. The number of amides is 2.